The molecule has 0 radical (unpaired) electrons. The van der Waals surface area contributed by atoms with E-state index in [2.05, 4.69) is 36.1 Å². The minimum Gasteiger partial charge on any atom is -0.475 e. The Bertz CT molecular complexity index is 608. The minimum atomic E-state index is -5.08. The molecule has 3 rings (SSSR count). The first-order chi connectivity index (χ1) is 12.2. The molecule has 0 amide bonds. The highest BCUT2D eigenvalue weighted by molar-refractivity contribution is 5.73. The lowest BCUT2D eigenvalue weighted by Gasteiger charge is -2.39. The molecule has 1 saturated heterocycles. The van der Waals surface area contributed by atoms with Crippen LogP contribution >= 0.6 is 0 Å². The van der Waals surface area contributed by atoms with Crippen molar-refractivity contribution in [3.63, 3.8) is 0 Å². The Labute approximate surface area is 150 Å². The number of carboxylic acid groups (broad SMARTS) is 1. The average Bonchev–Trinajstić information content (AvgIpc) is 3.01. The van der Waals surface area contributed by atoms with Crippen molar-refractivity contribution >= 4 is 5.97 Å². The Morgan fingerprint density at radius 1 is 1.35 bits per heavy atom. The highest BCUT2D eigenvalue weighted by atomic mass is 19.4. The number of carbonyl (C=O) groups is 1. The van der Waals surface area contributed by atoms with Gasteiger partial charge in [-0.15, -0.1) is 0 Å². The number of morpholine rings is 1. The van der Waals surface area contributed by atoms with Gasteiger partial charge in [-0.05, 0) is 30.9 Å². The number of hydrogen-bond donors (Lipinski definition) is 1. The van der Waals surface area contributed by atoms with Crippen molar-refractivity contribution in [3.05, 3.63) is 35.4 Å². The summed E-state index contributed by atoms with van der Waals surface area (Å²) in [5.41, 5.74) is 2.82. The van der Waals surface area contributed by atoms with Crippen LogP contribution in [-0.2, 0) is 20.8 Å². The number of hydrogen-bond acceptors (Lipinski definition) is 4. The summed E-state index contributed by atoms with van der Waals surface area (Å²) in [5.74, 6) is -2.76. The standard InChI is InChI=1S/C16H23NO2.C2HF3O2/c1-12-5-3-4-6-13(12)11-17-9-10-19-16-14(17)7-8-15(16)18-2;3-2(4,5)1(6)7/h3-6,14-16H,7-11H2,1-2H3;(H,6,7)/t14-,15-,16+;/m0./s1. The van der Waals surface area contributed by atoms with Gasteiger partial charge >= 0.3 is 12.1 Å². The predicted molar refractivity (Wildman–Crippen MR) is 88.8 cm³/mol. The summed E-state index contributed by atoms with van der Waals surface area (Å²) in [6, 6.07) is 9.20. The van der Waals surface area contributed by atoms with E-state index in [1.54, 1.807) is 7.11 Å². The van der Waals surface area contributed by atoms with Crippen LogP contribution in [-0.4, -0.2) is 60.7 Å². The number of carboxylic acids is 1. The highest BCUT2D eigenvalue weighted by Gasteiger charge is 2.42. The normalized spacial score (nSPS) is 26.0. The Balaban J connectivity index is 0.000000298. The van der Waals surface area contributed by atoms with Crippen LogP contribution in [0, 0.1) is 6.92 Å². The van der Waals surface area contributed by atoms with Crippen molar-refractivity contribution < 1.29 is 32.5 Å². The van der Waals surface area contributed by atoms with Crippen molar-refractivity contribution in [1.82, 2.24) is 4.90 Å². The Kier molecular flexibility index (Phi) is 7.02. The Hall–Kier alpha value is -1.64. The molecule has 2 fully saturated rings. The number of aliphatic carboxylic acids is 1. The van der Waals surface area contributed by atoms with E-state index in [1.807, 2.05) is 0 Å². The van der Waals surface area contributed by atoms with Crippen LogP contribution in [0.2, 0.25) is 0 Å². The van der Waals surface area contributed by atoms with E-state index in [0.29, 0.717) is 6.04 Å². The molecular formula is C18H24F3NO4. The predicted octanol–water partition coefficient (Wildman–Crippen LogP) is 3.01. The van der Waals surface area contributed by atoms with E-state index >= 15 is 0 Å². The molecule has 1 saturated carbocycles. The first kappa shape index (κ1) is 20.7. The number of alkyl halides is 3. The summed E-state index contributed by atoms with van der Waals surface area (Å²) in [5, 5.41) is 7.12. The van der Waals surface area contributed by atoms with Gasteiger partial charge in [0.1, 0.15) is 0 Å². The molecule has 8 heteroatoms. The topological polar surface area (TPSA) is 59.0 Å². The maximum absolute atomic E-state index is 10.6. The van der Waals surface area contributed by atoms with E-state index in [4.69, 9.17) is 19.4 Å². The van der Waals surface area contributed by atoms with Crippen LogP contribution in [0.3, 0.4) is 0 Å². The molecular weight excluding hydrogens is 351 g/mol. The third kappa shape index (κ3) is 5.18. The number of rotatable bonds is 3. The van der Waals surface area contributed by atoms with E-state index in [1.165, 1.54) is 17.5 Å². The summed E-state index contributed by atoms with van der Waals surface area (Å²) in [6.45, 7) is 5.09. The number of methoxy groups -OCH3 is 1. The van der Waals surface area contributed by atoms with Crippen LogP contribution in [0.1, 0.15) is 24.0 Å². The zero-order valence-corrected chi connectivity index (χ0v) is 14.8. The number of halogens is 3. The Morgan fingerprint density at radius 2 is 2.00 bits per heavy atom. The lowest BCUT2D eigenvalue weighted by Crippen LogP contribution is -2.51. The molecule has 2 aliphatic rings. The molecule has 5 nitrogen and oxygen atoms in total. The quantitative estimate of drug-likeness (QED) is 0.880. The van der Waals surface area contributed by atoms with Crippen LogP contribution < -0.4 is 0 Å². The van der Waals surface area contributed by atoms with Crippen molar-refractivity contribution in [2.45, 2.75) is 50.7 Å². The molecule has 1 heterocycles. The summed E-state index contributed by atoms with van der Waals surface area (Å²) in [7, 11) is 1.80. The summed E-state index contributed by atoms with van der Waals surface area (Å²) in [6.07, 6.45) is -2.22. The smallest absolute Gasteiger partial charge is 0.475 e. The first-order valence-corrected chi connectivity index (χ1v) is 8.47. The molecule has 1 aromatic carbocycles. The van der Waals surface area contributed by atoms with Gasteiger partial charge in [0, 0.05) is 26.2 Å². The van der Waals surface area contributed by atoms with Crippen LogP contribution in [0.15, 0.2) is 24.3 Å². The second-order valence-electron chi connectivity index (χ2n) is 6.45. The number of aryl methyl sites for hydroxylation is 1. The van der Waals surface area contributed by atoms with Gasteiger partial charge in [-0.1, -0.05) is 24.3 Å². The van der Waals surface area contributed by atoms with Gasteiger partial charge in [0.15, 0.2) is 0 Å². The van der Waals surface area contributed by atoms with Gasteiger partial charge in [-0.3, -0.25) is 4.90 Å². The monoisotopic (exact) mass is 375 g/mol. The number of fused-ring (bicyclic) bond motifs is 1. The molecule has 0 unspecified atom stereocenters. The fraction of sp³-hybridized carbons (Fsp3) is 0.611. The van der Waals surface area contributed by atoms with E-state index < -0.39 is 12.1 Å². The lowest BCUT2D eigenvalue weighted by atomic mass is 10.1. The fourth-order valence-corrected chi connectivity index (χ4v) is 3.45. The Morgan fingerprint density at radius 3 is 2.58 bits per heavy atom. The molecule has 1 N–H and O–H groups in total. The largest absolute Gasteiger partial charge is 0.490 e. The molecule has 0 bridgehead atoms. The molecule has 1 aliphatic carbocycles. The van der Waals surface area contributed by atoms with Crippen molar-refractivity contribution in [2.24, 2.45) is 0 Å². The highest BCUT2D eigenvalue weighted by Crippen LogP contribution is 2.32. The lowest BCUT2D eigenvalue weighted by molar-refractivity contribution is -0.192. The summed E-state index contributed by atoms with van der Waals surface area (Å²) in [4.78, 5) is 11.5. The fourth-order valence-electron chi connectivity index (χ4n) is 3.45. The molecule has 0 spiro atoms. The number of benzene rings is 1. The van der Waals surface area contributed by atoms with Gasteiger partial charge in [0.2, 0.25) is 0 Å². The first-order valence-electron chi connectivity index (χ1n) is 8.47. The number of nitrogens with zero attached hydrogens (tertiary/aromatic N) is 1. The van der Waals surface area contributed by atoms with Crippen LogP contribution in [0.5, 0.6) is 0 Å². The van der Waals surface area contributed by atoms with E-state index in [-0.39, 0.29) is 12.2 Å². The van der Waals surface area contributed by atoms with E-state index in [9.17, 15) is 13.2 Å². The zero-order chi connectivity index (χ0) is 19.3. The molecule has 3 atom stereocenters. The average molecular weight is 375 g/mol. The molecule has 146 valence electrons. The minimum absolute atomic E-state index is 0.266. The van der Waals surface area contributed by atoms with Gasteiger partial charge in [-0.25, -0.2) is 4.79 Å². The molecule has 1 aliphatic heterocycles. The third-order valence-corrected chi connectivity index (χ3v) is 4.83. The zero-order valence-electron chi connectivity index (χ0n) is 14.8. The van der Waals surface area contributed by atoms with Gasteiger partial charge in [0.05, 0.1) is 18.8 Å². The molecule has 1 aromatic rings. The maximum atomic E-state index is 10.6. The summed E-state index contributed by atoms with van der Waals surface area (Å²) >= 11 is 0. The SMILES string of the molecule is CO[C@H]1CC[C@H]2[C@H]1OCCN2Cc1ccccc1C.O=C(O)C(F)(F)F. The van der Waals surface area contributed by atoms with Gasteiger partial charge < -0.3 is 14.6 Å². The van der Waals surface area contributed by atoms with Crippen molar-refractivity contribution in [2.75, 3.05) is 20.3 Å². The molecule has 26 heavy (non-hydrogen) atoms. The van der Waals surface area contributed by atoms with Crippen molar-refractivity contribution in [1.29, 1.82) is 0 Å². The number of ether oxygens (including phenoxy) is 2. The molecule has 0 aromatic heterocycles. The summed E-state index contributed by atoms with van der Waals surface area (Å²) < 4.78 is 43.2. The second kappa shape index (κ2) is 8.83. The van der Waals surface area contributed by atoms with Crippen LogP contribution in [0.4, 0.5) is 13.2 Å². The third-order valence-electron chi connectivity index (χ3n) is 4.83. The van der Waals surface area contributed by atoms with Gasteiger partial charge in [0.25, 0.3) is 0 Å². The van der Waals surface area contributed by atoms with Crippen LogP contribution in [0.25, 0.3) is 0 Å². The van der Waals surface area contributed by atoms with Gasteiger partial charge in [-0.2, -0.15) is 13.2 Å². The van der Waals surface area contributed by atoms with E-state index in [0.717, 1.165) is 26.1 Å². The maximum Gasteiger partial charge on any atom is 0.490 e. The van der Waals surface area contributed by atoms with Crippen molar-refractivity contribution in [3.8, 4) is 0 Å². The second-order valence-corrected chi connectivity index (χ2v) is 6.45.